The van der Waals surface area contributed by atoms with Crippen LogP contribution in [0.4, 0.5) is 11.5 Å². The number of pyridine rings is 1. The molecule has 0 aliphatic rings. The zero-order valence-corrected chi connectivity index (χ0v) is 19.3. The van der Waals surface area contributed by atoms with Crippen LogP contribution in [-0.4, -0.2) is 32.7 Å². The number of thioether (sulfide) groups is 1. The number of hydrogen-bond acceptors (Lipinski definition) is 6. The van der Waals surface area contributed by atoms with Crippen LogP contribution in [0.3, 0.4) is 0 Å². The van der Waals surface area contributed by atoms with Gasteiger partial charge in [0.15, 0.2) is 5.69 Å². The van der Waals surface area contributed by atoms with Crippen molar-refractivity contribution in [3.8, 4) is 0 Å². The molecule has 168 valence electrons. The fraction of sp³-hybridized carbons (Fsp3) is 0.273. The van der Waals surface area contributed by atoms with E-state index >= 15 is 0 Å². The van der Waals surface area contributed by atoms with E-state index < -0.39 is 11.2 Å². The molecule has 2 aromatic heterocycles. The van der Waals surface area contributed by atoms with E-state index in [9.17, 15) is 14.4 Å². The molecule has 0 fully saturated rings. The summed E-state index contributed by atoms with van der Waals surface area (Å²) in [4.78, 5) is 46.2. The molecule has 0 saturated heterocycles. The summed E-state index contributed by atoms with van der Waals surface area (Å²) >= 11 is 7.30. The Morgan fingerprint density at radius 2 is 1.94 bits per heavy atom. The zero-order valence-electron chi connectivity index (χ0n) is 17.7. The van der Waals surface area contributed by atoms with Crippen molar-refractivity contribution in [2.24, 2.45) is 5.92 Å². The highest BCUT2D eigenvalue weighted by molar-refractivity contribution is 8.00. The fourth-order valence-electron chi connectivity index (χ4n) is 3.13. The van der Waals surface area contributed by atoms with Crippen LogP contribution in [0.2, 0.25) is 5.02 Å². The molecule has 0 atom stereocenters. The maximum atomic E-state index is 13.2. The van der Waals surface area contributed by atoms with Gasteiger partial charge in [0, 0.05) is 12.7 Å². The van der Waals surface area contributed by atoms with Crippen LogP contribution in [0.1, 0.15) is 19.4 Å². The lowest BCUT2D eigenvalue weighted by Crippen LogP contribution is -2.43. The second kappa shape index (κ2) is 10.5. The number of halogens is 1. The molecule has 0 saturated carbocycles. The Bertz CT molecular complexity index is 1210. The van der Waals surface area contributed by atoms with E-state index in [1.54, 1.807) is 18.3 Å². The average molecular weight is 474 g/mol. The number of anilines is 2. The second-order valence-electron chi connectivity index (χ2n) is 7.54. The Balaban J connectivity index is 1.96. The first-order chi connectivity index (χ1) is 15.3. The van der Waals surface area contributed by atoms with Crippen molar-refractivity contribution >= 4 is 40.8 Å². The maximum absolute atomic E-state index is 13.2. The van der Waals surface area contributed by atoms with Crippen LogP contribution in [0.15, 0.2) is 63.3 Å². The van der Waals surface area contributed by atoms with Crippen LogP contribution >= 0.6 is 23.4 Å². The lowest BCUT2D eigenvalue weighted by atomic mass is 10.2. The van der Waals surface area contributed by atoms with Gasteiger partial charge in [0.1, 0.15) is 10.8 Å². The minimum absolute atomic E-state index is 0.000144. The van der Waals surface area contributed by atoms with E-state index in [-0.39, 0.29) is 42.2 Å². The fourth-order valence-corrected chi connectivity index (χ4v) is 4.17. The van der Waals surface area contributed by atoms with E-state index in [0.29, 0.717) is 10.0 Å². The van der Waals surface area contributed by atoms with Crippen LogP contribution in [0.5, 0.6) is 0 Å². The highest BCUT2D eigenvalue weighted by Gasteiger charge is 2.25. The van der Waals surface area contributed by atoms with Gasteiger partial charge in [-0.15, -0.1) is 0 Å². The molecule has 2 heterocycles. The normalized spacial score (nSPS) is 11.0. The Labute approximate surface area is 194 Å². The van der Waals surface area contributed by atoms with Gasteiger partial charge in [0.25, 0.3) is 5.56 Å². The lowest BCUT2D eigenvalue weighted by molar-refractivity contribution is -0.116. The maximum Gasteiger partial charge on any atom is 0.330 e. The highest BCUT2D eigenvalue weighted by atomic mass is 35.5. The SMILES string of the molecule is CC(C)CN(C(=O)CSc1ncccc1Cl)c1c(N)n(Cc2ccccc2)c(=O)[nH]c1=O. The van der Waals surface area contributed by atoms with E-state index in [0.717, 1.165) is 5.56 Å². The molecular formula is C22H24ClN5O3S. The van der Waals surface area contributed by atoms with Crippen molar-refractivity contribution in [3.05, 3.63) is 80.1 Å². The number of carbonyl (C=O) groups is 1. The number of carbonyl (C=O) groups excluding carboxylic acids is 1. The molecule has 0 unspecified atom stereocenters. The van der Waals surface area contributed by atoms with Gasteiger partial charge in [-0.25, -0.2) is 9.78 Å². The lowest BCUT2D eigenvalue weighted by Gasteiger charge is -2.26. The van der Waals surface area contributed by atoms with E-state index in [4.69, 9.17) is 17.3 Å². The monoisotopic (exact) mass is 473 g/mol. The molecule has 3 aromatic rings. The van der Waals surface area contributed by atoms with Crippen LogP contribution in [-0.2, 0) is 11.3 Å². The molecule has 0 aliphatic heterocycles. The van der Waals surface area contributed by atoms with Gasteiger partial charge in [-0.1, -0.05) is 67.5 Å². The Hall–Kier alpha value is -3.04. The van der Waals surface area contributed by atoms with Crippen molar-refractivity contribution in [3.63, 3.8) is 0 Å². The Morgan fingerprint density at radius 3 is 2.59 bits per heavy atom. The summed E-state index contributed by atoms with van der Waals surface area (Å²) in [5, 5.41) is 0.956. The quantitative estimate of drug-likeness (QED) is 0.486. The number of nitrogen functional groups attached to an aromatic ring is 1. The Kier molecular flexibility index (Phi) is 7.76. The summed E-state index contributed by atoms with van der Waals surface area (Å²) in [6.07, 6.45) is 1.59. The second-order valence-corrected chi connectivity index (χ2v) is 8.91. The molecule has 1 amide bonds. The third kappa shape index (κ3) is 5.60. The molecule has 32 heavy (non-hydrogen) atoms. The highest BCUT2D eigenvalue weighted by Crippen LogP contribution is 2.26. The van der Waals surface area contributed by atoms with E-state index in [1.807, 2.05) is 44.2 Å². The summed E-state index contributed by atoms with van der Waals surface area (Å²) in [5.41, 5.74) is 5.75. The largest absolute Gasteiger partial charge is 0.383 e. The summed E-state index contributed by atoms with van der Waals surface area (Å²) in [6, 6.07) is 12.6. The number of nitrogens with two attached hydrogens (primary N) is 1. The zero-order chi connectivity index (χ0) is 23.3. The van der Waals surface area contributed by atoms with Gasteiger partial charge in [-0.3, -0.25) is 19.1 Å². The first kappa shape index (κ1) is 23.6. The smallest absolute Gasteiger partial charge is 0.330 e. The molecular weight excluding hydrogens is 450 g/mol. The van der Waals surface area contributed by atoms with Crippen LogP contribution in [0.25, 0.3) is 0 Å². The summed E-state index contributed by atoms with van der Waals surface area (Å²) in [5.74, 6) is -0.346. The summed E-state index contributed by atoms with van der Waals surface area (Å²) < 4.78 is 1.26. The minimum atomic E-state index is -0.702. The number of nitrogens with one attached hydrogen (secondary N) is 1. The number of H-pyrrole nitrogens is 1. The van der Waals surface area contributed by atoms with Crippen molar-refractivity contribution < 1.29 is 4.79 Å². The summed E-state index contributed by atoms with van der Waals surface area (Å²) in [6.45, 7) is 4.27. The van der Waals surface area contributed by atoms with E-state index in [1.165, 1.54) is 21.2 Å². The first-order valence-corrected chi connectivity index (χ1v) is 11.3. The third-order valence-corrected chi connectivity index (χ3v) is 5.98. The van der Waals surface area contributed by atoms with Crippen molar-refractivity contribution in [1.29, 1.82) is 0 Å². The molecule has 0 radical (unpaired) electrons. The van der Waals surface area contributed by atoms with Gasteiger partial charge < -0.3 is 10.6 Å². The molecule has 8 nitrogen and oxygen atoms in total. The van der Waals surface area contributed by atoms with Gasteiger partial charge in [-0.05, 0) is 23.6 Å². The molecule has 0 aliphatic carbocycles. The predicted octanol–water partition coefficient (Wildman–Crippen LogP) is 3.00. The number of aromatic nitrogens is 3. The van der Waals surface area contributed by atoms with E-state index in [2.05, 4.69) is 9.97 Å². The molecule has 10 heteroatoms. The van der Waals surface area contributed by atoms with Crippen LogP contribution < -0.4 is 21.9 Å². The average Bonchev–Trinajstić information content (AvgIpc) is 2.75. The first-order valence-electron chi connectivity index (χ1n) is 9.98. The Morgan fingerprint density at radius 1 is 1.22 bits per heavy atom. The number of hydrogen-bond donors (Lipinski definition) is 2. The van der Waals surface area contributed by atoms with Crippen LogP contribution in [0, 0.1) is 5.92 Å². The molecule has 1 aromatic carbocycles. The molecule has 0 spiro atoms. The van der Waals surface area contributed by atoms with Gasteiger partial charge in [0.2, 0.25) is 5.91 Å². The predicted molar refractivity (Wildman–Crippen MR) is 128 cm³/mol. The molecule has 0 bridgehead atoms. The van der Waals surface area contributed by atoms with Crippen molar-refractivity contribution in [2.45, 2.75) is 25.4 Å². The third-order valence-electron chi connectivity index (χ3n) is 4.57. The topological polar surface area (TPSA) is 114 Å². The molecule has 3 rings (SSSR count). The number of nitrogens with zero attached hydrogens (tertiary/aromatic N) is 3. The number of rotatable bonds is 8. The standard InChI is InChI=1S/C22H24ClN5O3S/c1-14(2)11-27(17(29)13-32-21-16(23)9-6-10-25-21)18-19(24)28(22(31)26-20(18)30)12-15-7-4-3-5-8-15/h3-10,14H,11-13,24H2,1-2H3,(H,26,30,31). The number of benzene rings is 1. The summed E-state index contributed by atoms with van der Waals surface area (Å²) in [7, 11) is 0. The van der Waals surface area contributed by atoms with Crippen molar-refractivity contribution in [1.82, 2.24) is 14.5 Å². The van der Waals surface area contributed by atoms with Gasteiger partial charge in [0.05, 0.1) is 17.3 Å². The van der Waals surface area contributed by atoms with Gasteiger partial charge >= 0.3 is 5.69 Å². The van der Waals surface area contributed by atoms with Crippen molar-refractivity contribution in [2.75, 3.05) is 22.9 Å². The van der Waals surface area contributed by atoms with Gasteiger partial charge in [-0.2, -0.15) is 0 Å². The number of aromatic amines is 1. The number of amides is 1. The molecule has 3 N–H and O–H groups in total. The minimum Gasteiger partial charge on any atom is -0.383 e.